The third-order valence-corrected chi connectivity index (χ3v) is 5.81. The van der Waals surface area contributed by atoms with E-state index in [1.165, 1.54) is 17.2 Å². The van der Waals surface area contributed by atoms with Gasteiger partial charge in [0.15, 0.2) is 0 Å². The van der Waals surface area contributed by atoms with E-state index in [1.807, 2.05) is 0 Å². The molecular weight excluding hydrogens is 473 g/mol. The number of aryl methyl sites for hydroxylation is 1. The number of alkyl halides is 5. The predicted octanol–water partition coefficient (Wildman–Crippen LogP) is 3.98. The van der Waals surface area contributed by atoms with Crippen LogP contribution in [-0.4, -0.2) is 60.8 Å². The van der Waals surface area contributed by atoms with Gasteiger partial charge in [0.2, 0.25) is 5.95 Å². The lowest BCUT2D eigenvalue weighted by molar-refractivity contribution is -0.138. The fourth-order valence-corrected chi connectivity index (χ4v) is 4.13. The number of hydrogen-bond acceptors (Lipinski definition) is 6. The van der Waals surface area contributed by atoms with E-state index < -0.39 is 48.5 Å². The summed E-state index contributed by atoms with van der Waals surface area (Å²) in [4.78, 5) is 23.3. The molecule has 0 spiro atoms. The summed E-state index contributed by atoms with van der Waals surface area (Å²) in [6, 6.07) is 4.27. The second kappa shape index (κ2) is 9.19. The number of anilines is 1. The second-order valence-electron chi connectivity index (χ2n) is 8.55. The molecule has 35 heavy (non-hydrogen) atoms. The Hall–Kier alpha value is -3.64. The molecule has 1 aliphatic rings. The van der Waals surface area contributed by atoms with Crippen molar-refractivity contribution >= 4 is 11.9 Å². The molecule has 13 heteroatoms. The first-order valence-electron chi connectivity index (χ1n) is 10.7. The van der Waals surface area contributed by atoms with E-state index in [-0.39, 0.29) is 18.1 Å². The lowest BCUT2D eigenvalue weighted by atomic mass is 9.87. The van der Waals surface area contributed by atoms with Gasteiger partial charge in [0.05, 0.1) is 41.8 Å². The van der Waals surface area contributed by atoms with Crippen molar-refractivity contribution in [2.24, 2.45) is 5.92 Å². The molecule has 1 aromatic carbocycles. The number of benzene rings is 1. The van der Waals surface area contributed by atoms with Crippen molar-refractivity contribution < 1.29 is 26.7 Å². The van der Waals surface area contributed by atoms with E-state index in [0.29, 0.717) is 18.1 Å². The summed E-state index contributed by atoms with van der Waals surface area (Å²) < 4.78 is 67.4. The maximum Gasteiger partial charge on any atom is 0.419 e. The molecule has 4 rings (SSSR count). The van der Waals surface area contributed by atoms with Crippen LogP contribution in [-0.2, 0) is 6.18 Å². The molecule has 1 N–H and O–H groups in total. The molecule has 3 aromatic rings. The first-order valence-corrected chi connectivity index (χ1v) is 10.7. The molecule has 3 heterocycles. The van der Waals surface area contributed by atoms with Crippen LogP contribution in [0.3, 0.4) is 0 Å². The van der Waals surface area contributed by atoms with E-state index in [9.17, 15) is 26.7 Å². The Kier molecular flexibility index (Phi) is 6.43. The standard InChI is InChI=1S/C22H22F5N7O/c1-13-3-4-17(34-31-5-6-32-34)16(7-13)19(35)33-12-21(23,24)8-14(2)18(33)11-30-20-28-9-15(10-29-20)22(25,26)27/h3-7,9-10,14,18H,8,11-12H2,1-2H3,(H,28,29,30)/t14-,18?/m1/s1. The minimum Gasteiger partial charge on any atom is -0.352 e. The average Bonchev–Trinajstić information content (AvgIpc) is 3.31. The maximum absolute atomic E-state index is 14.6. The van der Waals surface area contributed by atoms with Gasteiger partial charge in [0.25, 0.3) is 11.8 Å². The molecule has 1 saturated heterocycles. The number of nitrogens with zero attached hydrogens (tertiary/aromatic N) is 6. The highest BCUT2D eigenvalue weighted by Crippen LogP contribution is 2.36. The van der Waals surface area contributed by atoms with E-state index in [4.69, 9.17) is 0 Å². The van der Waals surface area contributed by atoms with Gasteiger partial charge in [-0.2, -0.15) is 28.2 Å². The van der Waals surface area contributed by atoms with Crippen LogP contribution >= 0.6 is 0 Å². The number of hydrogen-bond donors (Lipinski definition) is 1. The number of piperidine rings is 1. The summed E-state index contributed by atoms with van der Waals surface area (Å²) in [5.41, 5.74) is 0.227. The quantitative estimate of drug-likeness (QED) is 0.539. The lowest BCUT2D eigenvalue weighted by Crippen LogP contribution is -2.57. The number of amides is 1. The van der Waals surface area contributed by atoms with Gasteiger partial charge < -0.3 is 10.2 Å². The fourth-order valence-electron chi connectivity index (χ4n) is 4.13. The normalized spacial score (nSPS) is 20.0. The summed E-state index contributed by atoms with van der Waals surface area (Å²) in [5.74, 6) is -4.47. The van der Waals surface area contributed by atoms with Crippen molar-refractivity contribution in [3.63, 3.8) is 0 Å². The third kappa shape index (κ3) is 5.38. The summed E-state index contributed by atoms with van der Waals surface area (Å²) >= 11 is 0. The summed E-state index contributed by atoms with van der Waals surface area (Å²) in [5, 5.41) is 10.9. The summed E-state index contributed by atoms with van der Waals surface area (Å²) in [6.07, 6.45) is -0.901. The molecule has 0 saturated carbocycles. The fraction of sp³-hybridized carbons (Fsp3) is 0.409. The molecule has 0 bridgehead atoms. The number of halogens is 5. The van der Waals surface area contributed by atoms with Crippen LogP contribution < -0.4 is 5.32 Å². The van der Waals surface area contributed by atoms with Gasteiger partial charge >= 0.3 is 6.18 Å². The highest BCUT2D eigenvalue weighted by Gasteiger charge is 2.46. The SMILES string of the molecule is Cc1ccc(-n2nccn2)c(C(=O)N2CC(F)(F)C[C@@H](C)C2CNc2ncc(C(F)(F)F)cn2)c1. The van der Waals surface area contributed by atoms with Crippen molar-refractivity contribution in [3.8, 4) is 5.69 Å². The molecule has 8 nitrogen and oxygen atoms in total. The van der Waals surface area contributed by atoms with Crippen molar-refractivity contribution in [2.45, 2.75) is 38.4 Å². The van der Waals surface area contributed by atoms with Crippen LogP contribution in [0, 0.1) is 12.8 Å². The molecule has 2 atom stereocenters. The van der Waals surface area contributed by atoms with E-state index in [0.717, 1.165) is 10.5 Å². The van der Waals surface area contributed by atoms with Gasteiger partial charge in [-0.1, -0.05) is 18.6 Å². The monoisotopic (exact) mass is 495 g/mol. The molecule has 186 valence electrons. The van der Waals surface area contributed by atoms with Crippen LogP contribution in [0.1, 0.15) is 34.8 Å². The smallest absolute Gasteiger partial charge is 0.352 e. The second-order valence-corrected chi connectivity index (χ2v) is 8.55. The minimum atomic E-state index is -4.58. The maximum atomic E-state index is 14.6. The number of nitrogens with one attached hydrogen (secondary N) is 1. The molecular formula is C22H22F5N7O. The van der Waals surface area contributed by atoms with Crippen LogP contribution in [0.25, 0.3) is 5.69 Å². The van der Waals surface area contributed by atoms with Gasteiger partial charge in [-0.15, -0.1) is 0 Å². The molecule has 1 amide bonds. The first-order chi connectivity index (χ1) is 16.4. The molecule has 1 aliphatic heterocycles. The molecule has 0 aliphatic carbocycles. The lowest BCUT2D eigenvalue weighted by Gasteiger charge is -2.43. The van der Waals surface area contributed by atoms with Crippen molar-refractivity contribution in [1.29, 1.82) is 0 Å². The molecule has 2 aromatic heterocycles. The Labute approximate surface area is 197 Å². The number of aromatic nitrogens is 5. The highest BCUT2D eigenvalue weighted by atomic mass is 19.4. The first kappa shape index (κ1) is 24.5. The van der Waals surface area contributed by atoms with Crippen LogP contribution in [0.15, 0.2) is 43.0 Å². The molecule has 1 fully saturated rings. The van der Waals surface area contributed by atoms with E-state index in [2.05, 4.69) is 25.5 Å². The van der Waals surface area contributed by atoms with Gasteiger partial charge in [-0.25, -0.2) is 18.7 Å². The highest BCUT2D eigenvalue weighted by molar-refractivity contribution is 5.98. The topological polar surface area (TPSA) is 88.8 Å². The Balaban J connectivity index is 1.61. The summed E-state index contributed by atoms with van der Waals surface area (Å²) in [7, 11) is 0. The Morgan fingerprint density at radius 1 is 1.17 bits per heavy atom. The zero-order valence-corrected chi connectivity index (χ0v) is 18.8. The van der Waals surface area contributed by atoms with Crippen LogP contribution in [0.4, 0.5) is 27.9 Å². The number of carbonyl (C=O) groups is 1. The largest absolute Gasteiger partial charge is 0.419 e. The van der Waals surface area contributed by atoms with Gasteiger partial charge in [-0.05, 0) is 25.0 Å². The number of rotatable bonds is 5. The summed E-state index contributed by atoms with van der Waals surface area (Å²) in [6.45, 7) is 2.52. The Morgan fingerprint density at radius 2 is 1.83 bits per heavy atom. The van der Waals surface area contributed by atoms with Crippen molar-refractivity contribution in [2.75, 3.05) is 18.4 Å². The average molecular weight is 495 g/mol. The van der Waals surface area contributed by atoms with E-state index in [1.54, 1.807) is 32.0 Å². The predicted molar refractivity (Wildman–Crippen MR) is 115 cm³/mol. The minimum absolute atomic E-state index is 0.0322. The van der Waals surface area contributed by atoms with Gasteiger partial charge in [0.1, 0.15) is 0 Å². The Morgan fingerprint density at radius 3 is 2.46 bits per heavy atom. The number of likely N-dealkylation sites (tertiary alicyclic amines) is 1. The van der Waals surface area contributed by atoms with Crippen molar-refractivity contribution in [1.82, 2.24) is 29.9 Å². The van der Waals surface area contributed by atoms with Crippen LogP contribution in [0.5, 0.6) is 0 Å². The van der Waals surface area contributed by atoms with E-state index >= 15 is 0 Å². The Bertz CT molecular complexity index is 1180. The zero-order valence-electron chi connectivity index (χ0n) is 18.8. The van der Waals surface area contributed by atoms with Gasteiger partial charge in [-0.3, -0.25) is 4.79 Å². The van der Waals surface area contributed by atoms with Crippen LogP contribution in [0.2, 0.25) is 0 Å². The third-order valence-electron chi connectivity index (χ3n) is 5.81. The number of carbonyl (C=O) groups excluding carboxylic acids is 1. The molecule has 0 radical (unpaired) electrons. The van der Waals surface area contributed by atoms with Gasteiger partial charge in [0, 0.05) is 25.4 Å². The van der Waals surface area contributed by atoms with Crippen molar-refractivity contribution in [3.05, 3.63) is 59.7 Å². The zero-order chi connectivity index (χ0) is 25.4. The molecule has 1 unspecified atom stereocenters.